The van der Waals surface area contributed by atoms with Gasteiger partial charge < -0.3 is 15.7 Å². The molecule has 144 valence electrons. The molecule has 3 aromatic rings. The van der Waals surface area contributed by atoms with Gasteiger partial charge in [0.05, 0.1) is 22.0 Å². The van der Waals surface area contributed by atoms with Crippen molar-refractivity contribution in [3.05, 3.63) is 63.1 Å². The standard InChI is InChI=1S/C19H14ClF2N3O2S/c20-11-2-1-3-12(21)17(11)25-18(27)10-6-13(22)9(7-15(10)26)19-24-14-8-23-5-4-16(14)28-19/h1-3,6-7,23,26H,4-5,8H2,(H,25,27). The number of carbonyl (C=O) groups excluding carboxylic acids is 1. The molecule has 4 rings (SSSR count). The summed E-state index contributed by atoms with van der Waals surface area (Å²) in [5.41, 5.74) is 0.403. The summed E-state index contributed by atoms with van der Waals surface area (Å²) in [6, 6.07) is 5.99. The van der Waals surface area contributed by atoms with Crippen LogP contribution in [-0.4, -0.2) is 22.5 Å². The number of para-hydroxylation sites is 1. The Morgan fingerprint density at radius 1 is 1.29 bits per heavy atom. The van der Waals surface area contributed by atoms with E-state index < -0.39 is 23.3 Å². The number of fused-ring (bicyclic) bond motifs is 1. The van der Waals surface area contributed by atoms with Crippen molar-refractivity contribution in [2.75, 3.05) is 11.9 Å². The molecule has 3 N–H and O–H groups in total. The molecular formula is C19H14ClF2N3O2S. The molecule has 2 heterocycles. The van der Waals surface area contributed by atoms with Crippen molar-refractivity contribution >= 4 is 34.5 Å². The zero-order chi connectivity index (χ0) is 19.8. The minimum Gasteiger partial charge on any atom is -0.507 e. The molecule has 0 bridgehead atoms. The molecule has 28 heavy (non-hydrogen) atoms. The molecule has 0 fully saturated rings. The maximum atomic E-state index is 14.7. The number of hydrogen-bond donors (Lipinski definition) is 3. The zero-order valence-electron chi connectivity index (χ0n) is 14.4. The number of hydrogen-bond acceptors (Lipinski definition) is 5. The number of nitrogens with one attached hydrogen (secondary N) is 2. The number of nitrogens with zero attached hydrogens (tertiary/aromatic N) is 1. The largest absolute Gasteiger partial charge is 0.507 e. The van der Waals surface area contributed by atoms with Crippen molar-refractivity contribution in [3.8, 4) is 16.3 Å². The van der Waals surface area contributed by atoms with Gasteiger partial charge in [-0.15, -0.1) is 11.3 Å². The van der Waals surface area contributed by atoms with Crippen molar-refractivity contribution in [2.24, 2.45) is 0 Å². The first-order chi connectivity index (χ1) is 13.4. The fourth-order valence-corrected chi connectivity index (χ4v) is 4.25. The van der Waals surface area contributed by atoms with Gasteiger partial charge in [0.25, 0.3) is 5.91 Å². The second-order valence-corrected chi connectivity index (χ2v) is 7.71. The van der Waals surface area contributed by atoms with Crippen molar-refractivity contribution in [1.82, 2.24) is 10.3 Å². The second kappa shape index (κ2) is 7.46. The van der Waals surface area contributed by atoms with E-state index in [9.17, 15) is 18.7 Å². The number of rotatable bonds is 3. The van der Waals surface area contributed by atoms with E-state index in [1.807, 2.05) is 0 Å². The molecule has 0 radical (unpaired) electrons. The summed E-state index contributed by atoms with van der Waals surface area (Å²) in [7, 11) is 0. The van der Waals surface area contributed by atoms with E-state index in [2.05, 4.69) is 15.6 Å². The normalized spacial score (nSPS) is 13.2. The van der Waals surface area contributed by atoms with Crippen LogP contribution in [0.2, 0.25) is 5.02 Å². The van der Waals surface area contributed by atoms with Gasteiger partial charge in [-0.25, -0.2) is 13.8 Å². The van der Waals surface area contributed by atoms with Gasteiger partial charge in [-0.3, -0.25) is 4.79 Å². The zero-order valence-corrected chi connectivity index (χ0v) is 15.9. The summed E-state index contributed by atoms with van der Waals surface area (Å²) >= 11 is 7.25. The third-order valence-corrected chi connectivity index (χ3v) is 5.87. The van der Waals surface area contributed by atoms with Crippen molar-refractivity contribution in [1.29, 1.82) is 0 Å². The monoisotopic (exact) mass is 421 g/mol. The Bertz CT molecular complexity index is 1040. The molecule has 1 aromatic heterocycles. The van der Waals surface area contributed by atoms with Gasteiger partial charge in [-0.1, -0.05) is 17.7 Å². The average molecular weight is 422 g/mol. The molecule has 0 atom stereocenters. The molecule has 0 aliphatic carbocycles. The number of thiazole rings is 1. The van der Waals surface area contributed by atoms with Crippen molar-refractivity contribution < 1.29 is 18.7 Å². The Balaban J connectivity index is 1.66. The van der Waals surface area contributed by atoms with Crippen LogP contribution in [0.1, 0.15) is 20.9 Å². The highest BCUT2D eigenvalue weighted by atomic mass is 35.5. The number of phenols is 1. The number of anilines is 1. The predicted octanol–water partition coefficient (Wildman–Crippen LogP) is 4.35. The number of halogens is 3. The molecule has 9 heteroatoms. The molecule has 0 saturated carbocycles. The Morgan fingerprint density at radius 3 is 2.86 bits per heavy atom. The lowest BCUT2D eigenvalue weighted by molar-refractivity contribution is 0.102. The topological polar surface area (TPSA) is 74.2 Å². The molecule has 1 amide bonds. The SMILES string of the molecule is O=C(Nc1c(F)cccc1Cl)c1cc(F)c(-c2nc3c(s2)CCNC3)cc1O. The molecular weight excluding hydrogens is 408 g/mol. The predicted molar refractivity (Wildman–Crippen MR) is 104 cm³/mol. The number of benzene rings is 2. The van der Waals surface area contributed by atoms with Gasteiger partial charge in [-0.05, 0) is 30.7 Å². The fourth-order valence-electron chi connectivity index (χ4n) is 2.95. The number of carbonyl (C=O) groups is 1. The average Bonchev–Trinajstić information content (AvgIpc) is 3.10. The third kappa shape index (κ3) is 3.46. The van der Waals surface area contributed by atoms with E-state index in [0.717, 1.165) is 41.7 Å². The van der Waals surface area contributed by atoms with Gasteiger partial charge in [0, 0.05) is 23.5 Å². The maximum absolute atomic E-state index is 14.7. The van der Waals surface area contributed by atoms with Crippen LogP contribution in [-0.2, 0) is 13.0 Å². The first-order valence-electron chi connectivity index (χ1n) is 8.41. The Labute approximate surface area is 168 Å². The first kappa shape index (κ1) is 18.8. The molecule has 0 saturated heterocycles. The van der Waals surface area contributed by atoms with Gasteiger partial charge in [0.2, 0.25) is 0 Å². The lowest BCUT2D eigenvalue weighted by Gasteiger charge is -2.10. The lowest BCUT2D eigenvalue weighted by atomic mass is 10.1. The molecule has 1 aliphatic rings. The minimum atomic E-state index is -0.877. The van der Waals surface area contributed by atoms with Gasteiger partial charge in [-0.2, -0.15) is 0 Å². The molecule has 2 aromatic carbocycles. The highest BCUT2D eigenvalue weighted by molar-refractivity contribution is 7.15. The summed E-state index contributed by atoms with van der Waals surface area (Å²) in [4.78, 5) is 17.9. The van der Waals surface area contributed by atoms with Crippen molar-refractivity contribution in [3.63, 3.8) is 0 Å². The van der Waals surface area contributed by atoms with Crippen LogP contribution >= 0.6 is 22.9 Å². The van der Waals surface area contributed by atoms with Crippen LogP contribution in [0.5, 0.6) is 5.75 Å². The molecule has 1 aliphatic heterocycles. The Hall–Kier alpha value is -2.55. The number of amides is 1. The summed E-state index contributed by atoms with van der Waals surface area (Å²) in [5.74, 6) is -2.76. The number of phenolic OH excluding ortho intramolecular Hbond substituents is 1. The number of aromatic hydroxyl groups is 1. The van der Waals surface area contributed by atoms with Crippen LogP contribution in [0.3, 0.4) is 0 Å². The Kier molecular flexibility index (Phi) is 5.01. The summed E-state index contributed by atoms with van der Waals surface area (Å²) < 4.78 is 28.6. The molecule has 0 unspecified atom stereocenters. The summed E-state index contributed by atoms with van der Waals surface area (Å²) in [6.07, 6.45) is 0.810. The van der Waals surface area contributed by atoms with Crippen LogP contribution in [0.25, 0.3) is 10.6 Å². The number of aromatic nitrogens is 1. The smallest absolute Gasteiger partial charge is 0.259 e. The van der Waals surface area contributed by atoms with Crippen LogP contribution in [0.4, 0.5) is 14.5 Å². The van der Waals surface area contributed by atoms with E-state index in [1.165, 1.54) is 23.5 Å². The van der Waals surface area contributed by atoms with E-state index >= 15 is 0 Å². The van der Waals surface area contributed by atoms with Gasteiger partial charge >= 0.3 is 0 Å². The van der Waals surface area contributed by atoms with Gasteiger partial charge in [0.1, 0.15) is 22.4 Å². The van der Waals surface area contributed by atoms with E-state index in [4.69, 9.17) is 11.6 Å². The van der Waals surface area contributed by atoms with E-state index in [0.29, 0.717) is 11.6 Å². The fraction of sp³-hybridized carbons (Fsp3) is 0.158. The minimum absolute atomic E-state index is 0.00749. The van der Waals surface area contributed by atoms with E-state index in [-0.39, 0.29) is 21.8 Å². The van der Waals surface area contributed by atoms with Crippen LogP contribution in [0, 0.1) is 11.6 Å². The molecule has 5 nitrogen and oxygen atoms in total. The third-order valence-electron chi connectivity index (χ3n) is 4.36. The quantitative estimate of drug-likeness (QED) is 0.588. The van der Waals surface area contributed by atoms with Crippen molar-refractivity contribution in [2.45, 2.75) is 13.0 Å². The van der Waals surface area contributed by atoms with Crippen LogP contribution in [0.15, 0.2) is 30.3 Å². The van der Waals surface area contributed by atoms with Gasteiger partial charge in [0.15, 0.2) is 0 Å². The molecule has 0 spiro atoms. The highest BCUT2D eigenvalue weighted by Crippen LogP contribution is 2.35. The first-order valence-corrected chi connectivity index (χ1v) is 9.61. The van der Waals surface area contributed by atoms with E-state index in [1.54, 1.807) is 0 Å². The lowest BCUT2D eigenvalue weighted by Crippen LogP contribution is -2.22. The maximum Gasteiger partial charge on any atom is 0.259 e. The van der Waals surface area contributed by atoms with Crippen LogP contribution < -0.4 is 10.6 Å². The second-order valence-electron chi connectivity index (χ2n) is 6.22. The Morgan fingerprint density at radius 2 is 2.11 bits per heavy atom. The highest BCUT2D eigenvalue weighted by Gasteiger charge is 2.22. The summed E-state index contributed by atoms with van der Waals surface area (Å²) in [5, 5.41) is 16.2. The summed E-state index contributed by atoms with van der Waals surface area (Å²) in [6.45, 7) is 1.45.